The van der Waals surface area contributed by atoms with Crippen LogP contribution in [0.15, 0.2) is 42.5 Å². The van der Waals surface area contributed by atoms with Crippen molar-refractivity contribution in [2.45, 2.75) is 69.9 Å². The van der Waals surface area contributed by atoms with Crippen LogP contribution in [0, 0.1) is 5.92 Å². The Labute approximate surface area is 188 Å². The molecular weight excluding hydrogens is 406 g/mol. The lowest BCUT2D eigenvalue weighted by Crippen LogP contribution is -2.40. The van der Waals surface area contributed by atoms with Crippen molar-refractivity contribution in [2.24, 2.45) is 5.92 Å². The molecule has 4 atom stereocenters. The monoisotopic (exact) mass is 437 g/mol. The molecule has 2 aliphatic rings. The number of para-hydroxylation sites is 1. The van der Waals surface area contributed by atoms with Crippen LogP contribution in [0.2, 0.25) is 0 Å². The molecule has 0 aromatic heterocycles. The molecule has 0 spiro atoms. The first-order valence-corrected chi connectivity index (χ1v) is 11.6. The number of carboxylic acid groups (broad SMARTS) is 2. The lowest BCUT2D eigenvalue weighted by atomic mass is 9.82. The van der Waals surface area contributed by atoms with E-state index in [1.54, 1.807) is 0 Å². The van der Waals surface area contributed by atoms with E-state index in [1.165, 1.54) is 24.8 Å². The molecule has 1 aliphatic heterocycles. The SMILES string of the molecule is CCCCCCc1ccc2c(c1)Oc1ccccc1C2CC(NC1CC1C(=O)O)C(=O)O. The molecule has 1 heterocycles. The van der Waals surface area contributed by atoms with Crippen LogP contribution in [-0.4, -0.2) is 34.2 Å². The molecule has 6 heteroatoms. The van der Waals surface area contributed by atoms with Crippen molar-refractivity contribution in [3.8, 4) is 11.5 Å². The molecule has 2 aromatic carbocycles. The van der Waals surface area contributed by atoms with E-state index in [1.807, 2.05) is 24.3 Å². The highest BCUT2D eigenvalue weighted by molar-refractivity contribution is 5.76. The number of rotatable bonds is 11. The molecule has 0 saturated heterocycles. The third-order valence-corrected chi connectivity index (χ3v) is 6.58. The van der Waals surface area contributed by atoms with Crippen LogP contribution < -0.4 is 10.1 Å². The fourth-order valence-electron chi connectivity index (χ4n) is 4.65. The van der Waals surface area contributed by atoms with Gasteiger partial charge in [0.15, 0.2) is 0 Å². The molecule has 32 heavy (non-hydrogen) atoms. The molecule has 2 aromatic rings. The molecule has 1 fully saturated rings. The van der Waals surface area contributed by atoms with Crippen molar-refractivity contribution >= 4 is 11.9 Å². The van der Waals surface area contributed by atoms with Gasteiger partial charge in [-0.1, -0.05) is 56.5 Å². The summed E-state index contributed by atoms with van der Waals surface area (Å²) in [6, 6.07) is 12.9. The zero-order valence-corrected chi connectivity index (χ0v) is 18.4. The second kappa shape index (κ2) is 9.74. The van der Waals surface area contributed by atoms with Crippen LogP contribution in [0.3, 0.4) is 0 Å². The van der Waals surface area contributed by atoms with E-state index >= 15 is 0 Å². The second-order valence-corrected chi connectivity index (χ2v) is 8.96. The summed E-state index contributed by atoms with van der Waals surface area (Å²) in [5.74, 6) is -0.923. The maximum atomic E-state index is 12.0. The van der Waals surface area contributed by atoms with Crippen LogP contribution in [0.4, 0.5) is 0 Å². The first kappa shape index (κ1) is 22.3. The largest absolute Gasteiger partial charge is 0.481 e. The van der Waals surface area contributed by atoms with Crippen molar-refractivity contribution < 1.29 is 24.5 Å². The van der Waals surface area contributed by atoms with Crippen molar-refractivity contribution in [3.05, 3.63) is 59.2 Å². The Morgan fingerprint density at radius 2 is 1.84 bits per heavy atom. The number of hydrogen-bond acceptors (Lipinski definition) is 4. The number of carboxylic acids is 2. The van der Waals surface area contributed by atoms with Gasteiger partial charge < -0.3 is 20.3 Å². The molecule has 1 aliphatic carbocycles. The lowest BCUT2D eigenvalue weighted by molar-refractivity contribution is -0.141. The van der Waals surface area contributed by atoms with Crippen LogP contribution in [0.5, 0.6) is 11.5 Å². The van der Waals surface area contributed by atoms with Gasteiger partial charge in [-0.15, -0.1) is 0 Å². The van der Waals surface area contributed by atoms with E-state index in [0.717, 1.165) is 35.5 Å². The highest BCUT2D eigenvalue weighted by Crippen LogP contribution is 2.46. The van der Waals surface area contributed by atoms with Gasteiger partial charge in [0.25, 0.3) is 0 Å². The van der Waals surface area contributed by atoms with E-state index in [4.69, 9.17) is 4.74 Å². The average molecular weight is 438 g/mol. The summed E-state index contributed by atoms with van der Waals surface area (Å²) in [6.07, 6.45) is 6.61. The molecular formula is C26H31NO5. The Hall–Kier alpha value is -2.86. The van der Waals surface area contributed by atoms with Crippen LogP contribution in [-0.2, 0) is 16.0 Å². The van der Waals surface area contributed by atoms with Crippen LogP contribution in [0.1, 0.15) is 68.1 Å². The Bertz CT molecular complexity index is 988. The zero-order valence-electron chi connectivity index (χ0n) is 18.4. The van der Waals surface area contributed by atoms with E-state index in [9.17, 15) is 19.8 Å². The van der Waals surface area contributed by atoms with E-state index < -0.39 is 23.9 Å². The normalized spacial score (nSPS) is 21.7. The second-order valence-electron chi connectivity index (χ2n) is 8.96. The number of aliphatic carboxylic acids is 2. The molecule has 0 bridgehead atoms. The highest BCUT2D eigenvalue weighted by atomic mass is 16.5. The molecule has 3 N–H and O–H groups in total. The number of hydrogen-bond donors (Lipinski definition) is 3. The smallest absolute Gasteiger partial charge is 0.320 e. The van der Waals surface area contributed by atoms with Gasteiger partial charge >= 0.3 is 11.9 Å². The predicted molar refractivity (Wildman–Crippen MR) is 121 cm³/mol. The maximum absolute atomic E-state index is 12.0. The molecule has 4 rings (SSSR count). The van der Waals surface area contributed by atoms with Gasteiger partial charge in [-0.05, 0) is 43.4 Å². The van der Waals surface area contributed by atoms with Crippen LogP contribution >= 0.6 is 0 Å². The van der Waals surface area contributed by atoms with Gasteiger partial charge in [0.05, 0.1) is 5.92 Å². The summed E-state index contributed by atoms with van der Waals surface area (Å²) in [6.45, 7) is 2.20. The molecule has 4 unspecified atom stereocenters. The topological polar surface area (TPSA) is 95.9 Å². The molecule has 170 valence electrons. The van der Waals surface area contributed by atoms with E-state index in [-0.39, 0.29) is 12.0 Å². The average Bonchev–Trinajstić information content (AvgIpc) is 3.55. The van der Waals surface area contributed by atoms with Gasteiger partial charge in [-0.3, -0.25) is 9.59 Å². The standard InChI is InChI=1S/C26H31NO5/c1-2-3-4-5-8-16-11-12-18-19(17-9-6-7-10-23(17)32-24(18)13-16)14-22(26(30)31)27-21-15-20(21)25(28)29/h6-7,9-13,19-22,27H,2-5,8,14-15H2,1H3,(H,28,29)(H,30,31). The van der Waals surface area contributed by atoms with Gasteiger partial charge in [0.2, 0.25) is 0 Å². The van der Waals surface area contributed by atoms with Crippen LogP contribution in [0.25, 0.3) is 0 Å². The number of fused-ring (bicyclic) bond motifs is 2. The zero-order chi connectivity index (χ0) is 22.7. The highest BCUT2D eigenvalue weighted by Gasteiger charge is 2.45. The fourth-order valence-corrected chi connectivity index (χ4v) is 4.65. The first-order valence-electron chi connectivity index (χ1n) is 11.6. The Morgan fingerprint density at radius 3 is 2.56 bits per heavy atom. The molecule has 0 amide bonds. The number of aryl methyl sites for hydroxylation is 1. The summed E-state index contributed by atoms with van der Waals surface area (Å²) in [4.78, 5) is 23.2. The van der Waals surface area contributed by atoms with Gasteiger partial charge in [0.1, 0.15) is 17.5 Å². The summed E-state index contributed by atoms with van der Waals surface area (Å²) in [5.41, 5.74) is 3.18. The van der Waals surface area contributed by atoms with E-state index in [0.29, 0.717) is 12.8 Å². The number of benzene rings is 2. The van der Waals surface area contributed by atoms with Gasteiger partial charge in [-0.25, -0.2) is 0 Å². The number of nitrogens with one attached hydrogen (secondary N) is 1. The third kappa shape index (κ3) is 4.96. The quantitative estimate of drug-likeness (QED) is 0.430. The third-order valence-electron chi connectivity index (χ3n) is 6.58. The molecule has 0 radical (unpaired) electrons. The first-order chi connectivity index (χ1) is 15.5. The summed E-state index contributed by atoms with van der Waals surface area (Å²) in [7, 11) is 0. The Morgan fingerprint density at radius 1 is 1.06 bits per heavy atom. The predicted octanol–water partition coefficient (Wildman–Crippen LogP) is 4.95. The van der Waals surface area contributed by atoms with Gasteiger partial charge in [-0.2, -0.15) is 0 Å². The maximum Gasteiger partial charge on any atom is 0.320 e. The van der Waals surface area contributed by atoms with Crippen molar-refractivity contribution in [2.75, 3.05) is 0 Å². The Balaban J connectivity index is 1.56. The van der Waals surface area contributed by atoms with Crippen molar-refractivity contribution in [3.63, 3.8) is 0 Å². The van der Waals surface area contributed by atoms with Crippen molar-refractivity contribution in [1.82, 2.24) is 5.32 Å². The fraction of sp³-hybridized carbons (Fsp3) is 0.462. The summed E-state index contributed by atoms with van der Waals surface area (Å²) >= 11 is 0. The van der Waals surface area contributed by atoms with Gasteiger partial charge in [0, 0.05) is 23.1 Å². The minimum absolute atomic E-state index is 0.139. The molecule has 6 nitrogen and oxygen atoms in total. The van der Waals surface area contributed by atoms with E-state index in [2.05, 4.69) is 30.4 Å². The number of carbonyl (C=O) groups is 2. The molecule has 1 saturated carbocycles. The summed E-state index contributed by atoms with van der Waals surface area (Å²) in [5, 5.41) is 22.1. The minimum Gasteiger partial charge on any atom is -0.481 e. The minimum atomic E-state index is -0.959. The Kier molecular flexibility index (Phi) is 6.80. The number of unbranched alkanes of at least 4 members (excludes halogenated alkanes) is 3. The summed E-state index contributed by atoms with van der Waals surface area (Å²) < 4.78 is 6.21. The number of ether oxygens (including phenoxy) is 1. The lowest BCUT2D eigenvalue weighted by Gasteiger charge is -2.30. The van der Waals surface area contributed by atoms with Crippen molar-refractivity contribution in [1.29, 1.82) is 0 Å².